The molecule has 1 atom stereocenters. The summed E-state index contributed by atoms with van der Waals surface area (Å²) in [5.41, 5.74) is 7.00. The van der Waals surface area contributed by atoms with Crippen LogP contribution < -0.4 is 5.73 Å². The molecule has 1 aromatic heterocycles. The van der Waals surface area contributed by atoms with E-state index in [4.69, 9.17) is 28.9 Å². The normalized spacial score (nSPS) is 12.8. The quantitative estimate of drug-likeness (QED) is 0.832. The largest absolute Gasteiger partial charge is 0.320 e. The maximum atomic E-state index is 6.15. The van der Waals surface area contributed by atoms with E-state index in [-0.39, 0.29) is 6.04 Å². The zero-order valence-electron chi connectivity index (χ0n) is 8.08. The molecule has 1 heterocycles. The Labute approximate surface area is 116 Å². The predicted octanol–water partition coefficient (Wildman–Crippen LogP) is 4.87. The second-order valence-corrected chi connectivity index (χ2v) is 6.54. The van der Waals surface area contributed by atoms with Crippen molar-refractivity contribution < 1.29 is 0 Å². The highest BCUT2D eigenvalue weighted by Crippen LogP contribution is 2.35. The summed E-state index contributed by atoms with van der Waals surface area (Å²) in [5.74, 6) is 0. The first-order valence-electron chi connectivity index (χ1n) is 4.54. The Morgan fingerprint density at radius 3 is 2.56 bits per heavy atom. The van der Waals surface area contributed by atoms with Gasteiger partial charge in [-0.3, -0.25) is 0 Å². The molecule has 1 nitrogen and oxygen atoms in total. The van der Waals surface area contributed by atoms with Gasteiger partial charge in [-0.05, 0) is 39.7 Å². The highest BCUT2D eigenvalue weighted by Gasteiger charge is 2.15. The lowest BCUT2D eigenvalue weighted by molar-refractivity contribution is 0.894. The first-order valence-corrected chi connectivity index (χ1v) is 6.91. The molecule has 2 rings (SSSR count). The van der Waals surface area contributed by atoms with Crippen molar-refractivity contribution in [2.45, 2.75) is 6.04 Å². The van der Waals surface area contributed by atoms with Crippen LogP contribution in [0.15, 0.2) is 34.1 Å². The molecule has 1 aromatic carbocycles. The van der Waals surface area contributed by atoms with Gasteiger partial charge in [-0.1, -0.05) is 35.3 Å². The van der Waals surface area contributed by atoms with Crippen molar-refractivity contribution in [3.63, 3.8) is 0 Å². The van der Waals surface area contributed by atoms with Crippen LogP contribution in [-0.2, 0) is 0 Å². The third-order valence-electron chi connectivity index (χ3n) is 2.22. The predicted molar refractivity (Wildman–Crippen MR) is 74.5 cm³/mol. The smallest absolute Gasteiger partial charge is 0.0702 e. The minimum atomic E-state index is -0.234. The summed E-state index contributed by atoms with van der Waals surface area (Å²) in [6.45, 7) is 0. The SMILES string of the molecule is NC(c1ccc(Br)s1)c1cccc(Cl)c1Cl. The topological polar surface area (TPSA) is 26.0 Å². The summed E-state index contributed by atoms with van der Waals surface area (Å²) in [6.07, 6.45) is 0. The van der Waals surface area contributed by atoms with Crippen LogP contribution in [0.5, 0.6) is 0 Å². The Bertz CT molecular complexity index is 512. The molecule has 0 aliphatic carbocycles. The molecular weight excluding hydrogens is 329 g/mol. The molecule has 0 aliphatic heterocycles. The molecule has 16 heavy (non-hydrogen) atoms. The van der Waals surface area contributed by atoms with Gasteiger partial charge in [-0.15, -0.1) is 11.3 Å². The fourth-order valence-electron chi connectivity index (χ4n) is 1.41. The maximum absolute atomic E-state index is 6.15. The number of benzene rings is 1. The molecule has 0 bridgehead atoms. The maximum Gasteiger partial charge on any atom is 0.0702 e. The number of hydrogen-bond donors (Lipinski definition) is 1. The number of halogens is 3. The van der Waals surface area contributed by atoms with Gasteiger partial charge in [0.15, 0.2) is 0 Å². The summed E-state index contributed by atoms with van der Waals surface area (Å²) in [6, 6.07) is 9.22. The van der Waals surface area contributed by atoms with Crippen LogP contribution in [-0.4, -0.2) is 0 Å². The molecule has 0 radical (unpaired) electrons. The van der Waals surface area contributed by atoms with E-state index in [2.05, 4.69) is 15.9 Å². The van der Waals surface area contributed by atoms with Crippen molar-refractivity contribution in [2.24, 2.45) is 5.73 Å². The van der Waals surface area contributed by atoms with E-state index >= 15 is 0 Å². The van der Waals surface area contributed by atoms with Gasteiger partial charge in [0.1, 0.15) is 0 Å². The summed E-state index contributed by atoms with van der Waals surface area (Å²) in [5, 5.41) is 1.06. The fourth-order valence-corrected chi connectivity index (χ4v) is 3.28. The van der Waals surface area contributed by atoms with Crippen LogP contribution in [0, 0.1) is 0 Å². The minimum Gasteiger partial charge on any atom is -0.320 e. The molecular formula is C11H8BrCl2NS. The Kier molecular flexibility index (Phi) is 3.93. The Morgan fingerprint density at radius 2 is 1.94 bits per heavy atom. The number of thiophene rings is 1. The lowest BCUT2D eigenvalue weighted by Gasteiger charge is -2.12. The van der Waals surface area contributed by atoms with Gasteiger partial charge in [0.25, 0.3) is 0 Å². The van der Waals surface area contributed by atoms with E-state index in [1.54, 1.807) is 17.4 Å². The summed E-state index contributed by atoms with van der Waals surface area (Å²) < 4.78 is 1.05. The van der Waals surface area contributed by atoms with E-state index in [9.17, 15) is 0 Å². The summed E-state index contributed by atoms with van der Waals surface area (Å²) in [4.78, 5) is 1.05. The van der Waals surface area contributed by atoms with E-state index in [0.717, 1.165) is 14.2 Å². The van der Waals surface area contributed by atoms with Crippen molar-refractivity contribution in [1.29, 1.82) is 0 Å². The van der Waals surface area contributed by atoms with Gasteiger partial charge < -0.3 is 5.73 Å². The highest BCUT2D eigenvalue weighted by atomic mass is 79.9. The van der Waals surface area contributed by atoms with Crippen molar-refractivity contribution in [2.75, 3.05) is 0 Å². The fraction of sp³-hybridized carbons (Fsp3) is 0.0909. The van der Waals surface area contributed by atoms with Crippen LogP contribution in [0.2, 0.25) is 10.0 Å². The Balaban J connectivity index is 2.41. The van der Waals surface area contributed by atoms with Gasteiger partial charge in [0, 0.05) is 4.88 Å². The molecule has 2 aromatic rings. The third-order valence-corrected chi connectivity index (χ3v) is 4.76. The van der Waals surface area contributed by atoms with Crippen molar-refractivity contribution in [3.05, 3.63) is 54.6 Å². The summed E-state index contributed by atoms with van der Waals surface area (Å²) >= 11 is 17.1. The van der Waals surface area contributed by atoms with Gasteiger partial charge in [-0.2, -0.15) is 0 Å². The zero-order valence-corrected chi connectivity index (χ0v) is 12.0. The van der Waals surface area contributed by atoms with Gasteiger partial charge in [0.05, 0.1) is 19.9 Å². The van der Waals surface area contributed by atoms with Crippen LogP contribution in [0.4, 0.5) is 0 Å². The average molecular weight is 337 g/mol. The van der Waals surface area contributed by atoms with Gasteiger partial charge in [-0.25, -0.2) is 0 Å². The zero-order chi connectivity index (χ0) is 11.7. The van der Waals surface area contributed by atoms with E-state index in [1.807, 2.05) is 24.3 Å². The van der Waals surface area contributed by atoms with E-state index < -0.39 is 0 Å². The van der Waals surface area contributed by atoms with Crippen LogP contribution in [0.25, 0.3) is 0 Å². The molecule has 0 saturated carbocycles. The first-order chi connectivity index (χ1) is 7.59. The Hall–Kier alpha value is -0.0600. The molecule has 0 fully saturated rings. The lowest BCUT2D eigenvalue weighted by atomic mass is 10.1. The number of nitrogens with two attached hydrogens (primary N) is 1. The highest BCUT2D eigenvalue weighted by molar-refractivity contribution is 9.11. The number of rotatable bonds is 2. The second kappa shape index (κ2) is 5.07. The molecule has 0 amide bonds. The number of hydrogen-bond acceptors (Lipinski definition) is 2. The first kappa shape index (κ1) is 12.4. The second-order valence-electron chi connectivity index (χ2n) is 3.26. The third kappa shape index (κ3) is 2.44. The molecule has 5 heteroatoms. The van der Waals surface area contributed by atoms with Crippen molar-refractivity contribution >= 4 is 50.5 Å². The Morgan fingerprint density at radius 1 is 1.19 bits per heavy atom. The molecule has 2 N–H and O–H groups in total. The monoisotopic (exact) mass is 335 g/mol. The summed E-state index contributed by atoms with van der Waals surface area (Å²) in [7, 11) is 0. The van der Waals surface area contributed by atoms with Crippen LogP contribution in [0.1, 0.15) is 16.5 Å². The van der Waals surface area contributed by atoms with Crippen LogP contribution in [0.3, 0.4) is 0 Å². The van der Waals surface area contributed by atoms with E-state index in [0.29, 0.717) is 10.0 Å². The van der Waals surface area contributed by atoms with Gasteiger partial charge in [0.2, 0.25) is 0 Å². The van der Waals surface area contributed by atoms with Crippen molar-refractivity contribution in [3.8, 4) is 0 Å². The molecule has 1 unspecified atom stereocenters. The molecule has 84 valence electrons. The van der Waals surface area contributed by atoms with E-state index in [1.165, 1.54) is 0 Å². The lowest BCUT2D eigenvalue weighted by Crippen LogP contribution is -2.10. The standard InChI is InChI=1S/C11H8BrCl2NS/c12-9-5-4-8(16-9)11(15)6-2-1-3-7(13)10(6)14/h1-5,11H,15H2. The molecule has 0 aliphatic rings. The van der Waals surface area contributed by atoms with Gasteiger partial charge >= 0.3 is 0 Å². The average Bonchev–Trinajstić information content (AvgIpc) is 2.68. The molecule has 0 saturated heterocycles. The van der Waals surface area contributed by atoms with Crippen LogP contribution >= 0.6 is 50.5 Å². The van der Waals surface area contributed by atoms with Crippen molar-refractivity contribution in [1.82, 2.24) is 0 Å². The minimum absolute atomic E-state index is 0.234. The molecule has 0 spiro atoms.